The van der Waals surface area contributed by atoms with Crippen LogP contribution < -0.4 is 11.5 Å². The van der Waals surface area contributed by atoms with Gasteiger partial charge in [0, 0.05) is 18.0 Å². The number of nitrogens with two attached hydrogens (primary N) is 2. The van der Waals surface area contributed by atoms with Gasteiger partial charge in [-0.1, -0.05) is 0 Å². The Balaban J connectivity index is 2.53. The zero-order valence-corrected chi connectivity index (χ0v) is 9.23. The van der Waals surface area contributed by atoms with Crippen molar-refractivity contribution in [1.82, 2.24) is 0 Å². The summed E-state index contributed by atoms with van der Waals surface area (Å²) in [5, 5.41) is 0. The Labute approximate surface area is 94.3 Å². The zero-order valence-electron chi connectivity index (χ0n) is 9.23. The van der Waals surface area contributed by atoms with Crippen molar-refractivity contribution in [2.75, 3.05) is 31.3 Å². The number of hydrogen-bond donors (Lipinski definition) is 2. The highest BCUT2D eigenvalue weighted by Gasteiger charge is 2.10. The van der Waals surface area contributed by atoms with Crippen molar-refractivity contribution in [2.45, 2.75) is 6.92 Å². The zero-order chi connectivity index (χ0) is 12.0. The molecule has 0 saturated carbocycles. The van der Waals surface area contributed by atoms with Gasteiger partial charge in [-0.2, -0.15) is 0 Å². The van der Waals surface area contributed by atoms with Crippen molar-refractivity contribution in [3.8, 4) is 0 Å². The van der Waals surface area contributed by atoms with Gasteiger partial charge >= 0.3 is 5.97 Å². The standard InChI is InChI=1S/C11H16N2O3/c1-2-15-5-6-16-11(14)9-4-3-8(12)7-10(9)13/h3-4,7H,2,5-6,12-13H2,1H3. The third-order valence-electron chi connectivity index (χ3n) is 1.96. The van der Waals surface area contributed by atoms with Crippen molar-refractivity contribution in [2.24, 2.45) is 0 Å². The molecule has 0 aliphatic rings. The van der Waals surface area contributed by atoms with E-state index < -0.39 is 5.97 Å². The maximum atomic E-state index is 11.5. The number of nitrogen functional groups attached to an aromatic ring is 2. The summed E-state index contributed by atoms with van der Waals surface area (Å²) in [5.74, 6) is -0.461. The minimum absolute atomic E-state index is 0.219. The highest BCUT2D eigenvalue weighted by Crippen LogP contribution is 2.16. The van der Waals surface area contributed by atoms with Gasteiger partial charge in [0.2, 0.25) is 0 Å². The number of rotatable bonds is 5. The van der Waals surface area contributed by atoms with E-state index in [1.165, 1.54) is 6.07 Å². The van der Waals surface area contributed by atoms with Gasteiger partial charge in [-0.25, -0.2) is 4.79 Å². The largest absolute Gasteiger partial charge is 0.460 e. The Morgan fingerprint density at radius 2 is 2.06 bits per heavy atom. The van der Waals surface area contributed by atoms with Crippen LogP contribution >= 0.6 is 0 Å². The van der Waals surface area contributed by atoms with Crippen molar-refractivity contribution in [3.63, 3.8) is 0 Å². The molecule has 5 heteroatoms. The van der Waals surface area contributed by atoms with Crippen LogP contribution in [0, 0.1) is 0 Å². The first-order chi connectivity index (χ1) is 7.65. The molecule has 1 aromatic rings. The van der Waals surface area contributed by atoms with Crippen LogP contribution in [-0.2, 0) is 9.47 Å². The SMILES string of the molecule is CCOCCOC(=O)c1ccc(N)cc1N. The number of hydrogen-bond acceptors (Lipinski definition) is 5. The van der Waals surface area contributed by atoms with Gasteiger partial charge in [0.15, 0.2) is 0 Å². The fourth-order valence-electron chi connectivity index (χ4n) is 1.18. The minimum atomic E-state index is -0.461. The maximum Gasteiger partial charge on any atom is 0.340 e. The average molecular weight is 224 g/mol. The van der Waals surface area contributed by atoms with Crippen molar-refractivity contribution < 1.29 is 14.3 Å². The van der Waals surface area contributed by atoms with Crippen LogP contribution in [0.25, 0.3) is 0 Å². The highest BCUT2D eigenvalue weighted by atomic mass is 16.6. The van der Waals surface area contributed by atoms with Gasteiger partial charge < -0.3 is 20.9 Å². The van der Waals surface area contributed by atoms with E-state index in [0.29, 0.717) is 30.2 Å². The van der Waals surface area contributed by atoms with Crippen molar-refractivity contribution in [1.29, 1.82) is 0 Å². The molecular weight excluding hydrogens is 208 g/mol. The van der Waals surface area contributed by atoms with Crippen LogP contribution in [-0.4, -0.2) is 25.8 Å². The number of benzene rings is 1. The van der Waals surface area contributed by atoms with E-state index in [2.05, 4.69) is 0 Å². The van der Waals surface area contributed by atoms with Crippen LogP contribution in [0.1, 0.15) is 17.3 Å². The van der Waals surface area contributed by atoms with Gasteiger partial charge in [-0.05, 0) is 25.1 Å². The van der Waals surface area contributed by atoms with E-state index in [-0.39, 0.29) is 6.61 Å². The van der Waals surface area contributed by atoms with E-state index in [0.717, 1.165) is 0 Å². The molecule has 0 heterocycles. The van der Waals surface area contributed by atoms with Gasteiger partial charge in [0.05, 0.1) is 12.2 Å². The van der Waals surface area contributed by atoms with Gasteiger partial charge in [0.1, 0.15) is 6.61 Å². The first-order valence-electron chi connectivity index (χ1n) is 5.05. The number of esters is 1. The Hall–Kier alpha value is -1.75. The van der Waals surface area contributed by atoms with Crippen LogP contribution in [0.2, 0.25) is 0 Å². The second-order valence-corrected chi connectivity index (χ2v) is 3.18. The molecule has 0 spiro atoms. The Kier molecular flexibility index (Phi) is 4.60. The molecule has 0 aliphatic carbocycles. The molecule has 1 rings (SSSR count). The first-order valence-corrected chi connectivity index (χ1v) is 5.05. The molecule has 0 radical (unpaired) electrons. The summed E-state index contributed by atoms with van der Waals surface area (Å²) in [6.07, 6.45) is 0. The Morgan fingerprint density at radius 3 is 2.69 bits per heavy atom. The van der Waals surface area contributed by atoms with E-state index in [4.69, 9.17) is 20.9 Å². The second-order valence-electron chi connectivity index (χ2n) is 3.18. The first kappa shape index (κ1) is 12.3. The highest BCUT2D eigenvalue weighted by molar-refractivity contribution is 5.95. The maximum absolute atomic E-state index is 11.5. The minimum Gasteiger partial charge on any atom is -0.460 e. The Bertz CT molecular complexity index is 366. The molecular formula is C11H16N2O3. The fourth-order valence-corrected chi connectivity index (χ4v) is 1.18. The lowest BCUT2D eigenvalue weighted by Gasteiger charge is -2.07. The molecule has 0 aromatic heterocycles. The molecule has 4 N–H and O–H groups in total. The molecule has 0 bridgehead atoms. The summed E-state index contributed by atoms with van der Waals surface area (Å²) in [6, 6.07) is 4.68. The van der Waals surface area contributed by atoms with Crippen molar-refractivity contribution >= 4 is 17.3 Å². The van der Waals surface area contributed by atoms with Crippen LogP contribution in [0.5, 0.6) is 0 Å². The summed E-state index contributed by atoms with van der Waals surface area (Å²) in [5.41, 5.74) is 12.3. The molecule has 16 heavy (non-hydrogen) atoms. The molecule has 0 amide bonds. The molecule has 0 aliphatic heterocycles. The molecule has 0 unspecified atom stereocenters. The Morgan fingerprint density at radius 1 is 1.31 bits per heavy atom. The molecule has 5 nitrogen and oxygen atoms in total. The normalized spacial score (nSPS) is 10.1. The molecule has 0 atom stereocenters. The molecule has 0 saturated heterocycles. The van der Waals surface area contributed by atoms with Crippen LogP contribution in [0.3, 0.4) is 0 Å². The van der Waals surface area contributed by atoms with Gasteiger partial charge in [-0.15, -0.1) is 0 Å². The summed E-state index contributed by atoms with van der Waals surface area (Å²) in [4.78, 5) is 11.5. The van der Waals surface area contributed by atoms with Gasteiger partial charge in [-0.3, -0.25) is 0 Å². The molecule has 1 aromatic carbocycles. The average Bonchev–Trinajstić information content (AvgIpc) is 2.24. The topological polar surface area (TPSA) is 87.6 Å². The van der Waals surface area contributed by atoms with E-state index in [9.17, 15) is 4.79 Å². The quantitative estimate of drug-likeness (QED) is 0.443. The third kappa shape index (κ3) is 3.43. The summed E-state index contributed by atoms with van der Waals surface area (Å²) >= 11 is 0. The summed E-state index contributed by atoms with van der Waals surface area (Å²) < 4.78 is 10.0. The lowest BCUT2D eigenvalue weighted by molar-refractivity contribution is 0.0336. The number of anilines is 2. The van der Waals surface area contributed by atoms with Crippen LogP contribution in [0.4, 0.5) is 11.4 Å². The monoisotopic (exact) mass is 224 g/mol. The van der Waals surface area contributed by atoms with E-state index >= 15 is 0 Å². The summed E-state index contributed by atoms with van der Waals surface area (Å²) in [6.45, 7) is 3.08. The van der Waals surface area contributed by atoms with Gasteiger partial charge in [0.25, 0.3) is 0 Å². The molecule has 0 fully saturated rings. The smallest absolute Gasteiger partial charge is 0.340 e. The third-order valence-corrected chi connectivity index (χ3v) is 1.96. The van der Waals surface area contributed by atoms with Crippen molar-refractivity contribution in [3.05, 3.63) is 23.8 Å². The fraction of sp³-hybridized carbons (Fsp3) is 0.364. The van der Waals surface area contributed by atoms with E-state index in [1.807, 2.05) is 6.92 Å². The number of carbonyl (C=O) groups excluding carboxylic acids is 1. The van der Waals surface area contributed by atoms with E-state index in [1.54, 1.807) is 12.1 Å². The summed E-state index contributed by atoms with van der Waals surface area (Å²) in [7, 11) is 0. The number of carbonyl (C=O) groups is 1. The van der Waals surface area contributed by atoms with Crippen LogP contribution in [0.15, 0.2) is 18.2 Å². The number of ether oxygens (including phenoxy) is 2. The lowest BCUT2D eigenvalue weighted by atomic mass is 10.1. The second kappa shape index (κ2) is 5.97. The lowest BCUT2D eigenvalue weighted by Crippen LogP contribution is -2.12. The molecule has 88 valence electrons. The predicted octanol–water partition coefficient (Wildman–Crippen LogP) is 1.04. The predicted molar refractivity (Wildman–Crippen MR) is 62.0 cm³/mol.